The maximum Gasteiger partial charge on any atom is 0.253 e. The predicted molar refractivity (Wildman–Crippen MR) is 100 cm³/mol. The Morgan fingerprint density at radius 1 is 0.926 bits per heavy atom. The van der Waals surface area contributed by atoms with Crippen LogP contribution >= 0.6 is 0 Å². The number of nitrogens with two attached hydrogens (primary N) is 1. The van der Waals surface area contributed by atoms with Crippen LogP contribution in [0.4, 0.5) is 0 Å². The number of methoxy groups -OCH3 is 2. The van der Waals surface area contributed by atoms with E-state index >= 15 is 0 Å². The Kier molecular flexibility index (Phi) is 10.7. The summed E-state index contributed by atoms with van der Waals surface area (Å²) in [5.74, 6) is -0.711. The van der Waals surface area contributed by atoms with E-state index in [9.17, 15) is 14.4 Å². The monoisotopic (exact) mass is 380 g/mol. The molecule has 0 aliphatic carbocycles. The van der Waals surface area contributed by atoms with E-state index in [0.717, 1.165) is 5.56 Å². The van der Waals surface area contributed by atoms with Crippen LogP contribution in [-0.2, 0) is 25.6 Å². The molecule has 0 unspecified atom stereocenters. The van der Waals surface area contributed by atoms with Gasteiger partial charge in [0.25, 0.3) is 5.91 Å². The fourth-order valence-electron chi connectivity index (χ4n) is 2.31. The van der Waals surface area contributed by atoms with E-state index in [4.69, 9.17) is 15.2 Å². The van der Waals surface area contributed by atoms with Gasteiger partial charge in [0.1, 0.15) is 13.2 Å². The number of rotatable bonds is 12. The Labute approximate surface area is 159 Å². The van der Waals surface area contributed by atoms with Crippen molar-refractivity contribution in [3.8, 4) is 0 Å². The second-order valence-corrected chi connectivity index (χ2v) is 5.76. The van der Waals surface area contributed by atoms with E-state index < -0.39 is 0 Å². The molecule has 9 nitrogen and oxygen atoms in total. The second-order valence-electron chi connectivity index (χ2n) is 5.76. The highest BCUT2D eigenvalue weighted by molar-refractivity contribution is 5.94. The number of hydrogen-bond acceptors (Lipinski definition) is 6. The number of carbonyl (C=O) groups is 3. The zero-order valence-electron chi connectivity index (χ0n) is 15.8. The summed E-state index contributed by atoms with van der Waals surface area (Å²) < 4.78 is 9.50. The molecule has 1 aromatic carbocycles. The molecular formula is C18H28N4O5. The maximum atomic E-state index is 12.8. The third-order valence-electron chi connectivity index (χ3n) is 3.68. The lowest BCUT2D eigenvalue weighted by atomic mass is 10.1. The van der Waals surface area contributed by atoms with Crippen LogP contribution < -0.4 is 16.4 Å². The van der Waals surface area contributed by atoms with Gasteiger partial charge in [-0.15, -0.1) is 0 Å². The van der Waals surface area contributed by atoms with Gasteiger partial charge in [0.2, 0.25) is 11.8 Å². The van der Waals surface area contributed by atoms with Crippen molar-refractivity contribution in [2.24, 2.45) is 5.73 Å². The normalized spacial score (nSPS) is 10.3. The van der Waals surface area contributed by atoms with Crippen molar-refractivity contribution in [3.05, 3.63) is 35.4 Å². The standard InChI is InChI=1S/C18H28N4O5/c1-26-12-16(23)20-7-9-22(10-8-21-17(24)13-27-2)18(25)15-5-3-14(11-19)4-6-15/h3-6H,7-13,19H2,1-2H3,(H,20,23)(H,21,24). The zero-order valence-corrected chi connectivity index (χ0v) is 15.8. The van der Waals surface area contributed by atoms with Crippen molar-refractivity contribution in [2.45, 2.75) is 6.54 Å². The number of nitrogens with zero attached hydrogens (tertiary/aromatic N) is 1. The van der Waals surface area contributed by atoms with Crippen LogP contribution in [0, 0.1) is 0 Å². The first-order chi connectivity index (χ1) is 13.0. The molecule has 0 saturated carbocycles. The molecule has 0 aliphatic rings. The lowest BCUT2D eigenvalue weighted by Gasteiger charge is -2.23. The summed E-state index contributed by atoms with van der Waals surface area (Å²) in [4.78, 5) is 37.3. The summed E-state index contributed by atoms with van der Waals surface area (Å²) in [5, 5.41) is 5.35. The van der Waals surface area contributed by atoms with E-state index in [1.54, 1.807) is 29.2 Å². The number of hydrogen-bond donors (Lipinski definition) is 3. The van der Waals surface area contributed by atoms with Gasteiger partial charge in [-0.25, -0.2) is 0 Å². The van der Waals surface area contributed by atoms with E-state index in [1.165, 1.54) is 14.2 Å². The van der Waals surface area contributed by atoms with Crippen LogP contribution in [0.2, 0.25) is 0 Å². The molecule has 0 heterocycles. The predicted octanol–water partition coefficient (Wildman–Crippen LogP) is -0.887. The van der Waals surface area contributed by atoms with Crippen LogP contribution in [0.1, 0.15) is 15.9 Å². The highest BCUT2D eigenvalue weighted by atomic mass is 16.5. The van der Waals surface area contributed by atoms with Gasteiger partial charge in [-0.2, -0.15) is 0 Å². The van der Waals surface area contributed by atoms with Gasteiger partial charge >= 0.3 is 0 Å². The van der Waals surface area contributed by atoms with Crippen LogP contribution in [0.15, 0.2) is 24.3 Å². The molecule has 9 heteroatoms. The first kappa shape index (κ1) is 22.6. The molecule has 0 fully saturated rings. The molecule has 0 bridgehead atoms. The van der Waals surface area contributed by atoms with Gasteiger partial charge in [-0.05, 0) is 17.7 Å². The summed E-state index contributed by atoms with van der Waals surface area (Å²) >= 11 is 0. The minimum Gasteiger partial charge on any atom is -0.375 e. The third-order valence-corrected chi connectivity index (χ3v) is 3.68. The molecule has 150 valence electrons. The van der Waals surface area contributed by atoms with Crippen molar-refractivity contribution >= 4 is 17.7 Å². The minimum absolute atomic E-state index is 0.0401. The Balaban J connectivity index is 2.67. The van der Waals surface area contributed by atoms with Gasteiger partial charge in [-0.3, -0.25) is 14.4 Å². The maximum absolute atomic E-state index is 12.8. The number of ether oxygens (including phenoxy) is 2. The van der Waals surface area contributed by atoms with Crippen molar-refractivity contribution in [1.29, 1.82) is 0 Å². The summed E-state index contributed by atoms with van der Waals surface area (Å²) in [6.45, 7) is 1.47. The zero-order chi connectivity index (χ0) is 20.1. The second kappa shape index (κ2) is 12.8. The first-order valence-electron chi connectivity index (χ1n) is 8.61. The van der Waals surface area contributed by atoms with Gasteiger partial charge < -0.3 is 30.7 Å². The number of nitrogens with one attached hydrogen (secondary N) is 2. The summed E-state index contributed by atoms with van der Waals surface area (Å²) in [7, 11) is 2.87. The summed E-state index contributed by atoms with van der Waals surface area (Å²) in [6, 6.07) is 7.02. The summed E-state index contributed by atoms with van der Waals surface area (Å²) in [6.07, 6.45) is 0. The van der Waals surface area contributed by atoms with Crippen LogP contribution in [0.25, 0.3) is 0 Å². The quantitative estimate of drug-likeness (QED) is 0.432. The third kappa shape index (κ3) is 8.63. The fraction of sp³-hybridized carbons (Fsp3) is 0.500. The van der Waals surface area contributed by atoms with Gasteiger partial charge in [-0.1, -0.05) is 12.1 Å². The molecule has 27 heavy (non-hydrogen) atoms. The molecule has 0 aliphatic heterocycles. The molecule has 4 N–H and O–H groups in total. The average molecular weight is 380 g/mol. The lowest BCUT2D eigenvalue weighted by Crippen LogP contribution is -2.43. The number of carbonyl (C=O) groups excluding carboxylic acids is 3. The van der Waals surface area contributed by atoms with Gasteiger partial charge in [0.05, 0.1) is 0 Å². The molecule has 0 atom stereocenters. The van der Waals surface area contributed by atoms with Crippen LogP contribution in [-0.4, -0.2) is 76.2 Å². The van der Waals surface area contributed by atoms with E-state index in [2.05, 4.69) is 10.6 Å². The average Bonchev–Trinajstić information content (AvgIpc) is 2.66. The molecule has 0 spiro atoms. The van der Waals surface area contributed by atoms with Crippen molar-refractivity contribution in [1.82, 2.24) is 15.5 Å². The van der Waals surface area contributed by atoms with Crippen molar-refractivity contribution in [2.75, 3.05) is 53.6 Å². The summed E-state index contributed by atoms with van der Waals surface area (Å²) in [5.41, 5.74) is 7.02. The minimum atomic E-state index is -0.259. The van der Waals surface area contributed by atoms with Crippen molar-refractivity contribution < 1.29 is 23.9 Å². The van der Waals surface area contributed by atoms with Crippen molar-refractivity contribution in [3.63, 3.8) is 0 Å². The first-order valence-corrected chi connectivity index (χ1v) is 8.61. The topological polar surface area (TPSA) is 123 Å². The number of benzene rings is 1. The SMILES string of the molecule is COCC(=O)NCCN(CCNC(=O)COC)C(=O)c1ccc(CN)cc1. The Bertz CT molecular complexity index is 582. The molecular weight excluding hydrogens is 352 g/mol. The lowest BCUT2D eigenvalue weighted by molar-refractivity contribution is -0.125. The molecule has 0 radical (unpaired) electrons. The smallest absolute Gasteiger partial charge is 0.253 e. The van der Waals surface area contributed by atoms with E-state index in [-0.39, 0.29) is 44.0 Å². The Morgan fingerprint density at radius 2 is 1.41 bits per heavy atom. The molecule has 1 aromatic rings. The fourth-order valence-corrected chi connectivity index (χ4v) is 2.31. The molecule has 3 amide bonds. The van der Waals surface area contributed by atoms with Gasteiger partial charge in [0.15, 0.2) is 0 Å². The van der Waals surface area contributed by atoms with Crippen LogP contribution in [0.5, 0.6) is 0 Å². The Morgan fingerprint density at radius 3 is 1.81 bits per heavy atom. The molecule has 0 saturated heterocycles. The molecule has 0 aromatic heterocycles. The number of amides is 3. The van der Waals surface area contributed by atoms with Crippen LogP contribution in [0.3, 0.4) is 0 Å². The molecule has 1 rings (SSSR count). The largest absolute Gasteiger partial charge is 0.375 e. The highest BCUT2D eigenvalue weighted by Gasteiger charge is 2.16. The van der Waals surface area contributed by atoms with E-state index in [0.29, 0.717) is 25.2 Å². The van der Waals surface area contributed by atoms with E-state index in [1.807, 2.05) is 0 Å². The van der Waals surface area contributed by atoms with Gasteiger partial charge in [0, 0.05) is 52.5 Å². The highest BCUT2D eigenvalue weighted by Crippen LogP contribution is 2.07. The Hall–Kier alpha value is -2.49.